The van der Waals surface area contributed by atoms with Gasteiger partial charge in [-0.25, -0.2) is 4.98 Å². The zero-order valence-corrected chi connectivity index (χ0v) is 12.4. The van der Waals surface area contributed by atoms with Crippen LogP contribution in [0.15, 0.2) is 22.7 Å². The largest absolute Gasteiger partial charge is 0.423 e. The predicted molar refractivity (Wildman–Crippen MR) is 77.6 cm³/mol. The molecule has 0 radical (unpaired) electrons. The average molecular weight is 303 g/mol. The first-order chi connectivity index (χ1) is 10.4. The summed E-state index contributed by atoms with van der Waals surface area (Å²) in [6.07, 6.45) is 2.12. The quantitative estimate of drug-likeness (QED) is 0.800. The van der Waals surface area contributed by atoms with Crippen LogP contribution >= 0.6 is 0 Å². The van der Waals surface area contributed by atoms with E-state index in [9.17, 15) is 9.59 Å². The number of nitrogen functional groups attached to an aromatic ring is 1. The molecule has 8 heteroatoms. The molecule has 0 saturated heterocycles. The molecule has 2 aromatic heterocycles. The number of nitrogens with two attached hydrogens (primary N) is 1. The van der Waals surface area contributed by atoms with Crippen LogP contribution in [-0.4, -0.2) is 26.9 Å². The summed E-state index contributed by atoms with van der Waals surface area (Å²) in [6.45, 7) is 2.84. The average Bonchev–Trinajstić information content (AvgIpc) is 2.87. The van der Waals surface area contributed by atoms with Gasteiger partial charge in [0.2, 0.25) is 17.7 Å². The van der Waals surface area contributed by atoms with Gasteiger partial charge in [-0.1, -0.05) is 6.07 Å². The molecule has 2 rings (SSSR count). The standard InChI is InChI=1S/C14H17N5O3/c1-8(20)5-13-18-19-14(22-13)11(17-9(2)21)6-10-3-4-12(15)16-7-10/h3-4,7,11H,5-6H2,1-2H3,(H2,15,16)(H,17,21)/t11-/m0/s1. The van der Waals surface area contributed by atoms with E-state index in [0.717, 1.165) is 5.56 Å². The second kappa shape index (κ2) is 6.79. The Hall–Kier alpha value is -2.77. The SMILES string of the molecule is CC(=O)Cc1nnc([C@H](Cc2ccc(N)nc2)NC(C)=O)o1. The van der Waals surface area contributed by atoms with Crippen molar-refractivity contribution in [1.82, 2.24) is 20.5 Å². The van der Waals surface area contributed by atoms with Crippen LogP contribution in [0.4, 0.5) is 5.82 Å². The van der Waals surface area contributed by atoms with Crippen molar-refractivity contribution in [1.29, 1.82) is 0 Å². The molecular weight excluding hydrogens is 286 g/mol. The lowest BCUT2D eigenvalue weighted by Gasteiger charge is -2.13. The Balaban J connectivity index is 2.18. The van der Waals surface area contributed by atoms with Gasteiger partial charge in [0.1, 0.15) is 17.6 Å². The van der Waals surface area contributed by atoms with Crippen LogP contribution in [0, 0.1) is 0 Å². The Morgan fingerprint density at radius 3 is 2.68 bits per heavy atom. The third-order valence-corrected chi connectivity index (χ3v) is 2.85. The maximum atomic E-state index is 11.4. The predicted octanol–water partition coefficient (Wildman–Crippen LogP) is 0.598. The first-order valence-electron chi connectivity index (χ1n) is 6.73. The number of pyridine rings is 1. The maximum absolute atomic E-state index is 11.4. The third kappa shape index (κ3) is 4.37. The highest BCUT2D eigenvalue weighted by Crippen LogP contribution is 2.18. The number of rotatable bonds is 6. The summed E-state index contributed by atoms with van der Waals surface area (Å²) in [5.74, 6) is 0.603. The monoisotopic (exact) mass is 303 g/mol. The molecule has 3 N–H and O–H groups in total. The van der Waals surface area contributed by atoms with Crippen LogP contribution in [0.25, 0.3) is 0 Å². The molecule has 0 aliphatic carbocycles. The van der Waals surface area contributed by atoms with Crippen LogP contribution in [0.2, 0.25) is 0 Å². The Kier molecular flexibility index (Phi) is 4.82. The highest BCUT2D eigenvalue weighted by molar-refractivity contribution is 5.77. The zero-order chi connectivity index (χ0) is 16.1. The topological polar surface area (TPSA) is 124 Å². The second-order valence-electron chi connectivity index (χ2n) is 4.96. The van der Waals surface area contributed by atoms with Gasteiger partial charge in [0.05, 0.1) is 6.42 Å². The van der Waals surface area contributed by atoms with Crippen LogP contribution in [0.5, 0.6) is 0 Å². The molecule has 0 spiro atoms. The highest BCUT2D eigenvalue weighted by Gasteiger charge is 2.21. The first-order valence-corrected chi connectivity index (χ1v) is 6.73. The fourth-order valence-electron chi connectivity index (χ4n) is 1.93. The molecular formula is C14H17N5O3. The molecule has 0 aromatic carbocycles. The summed E-state index contributed by atoms with van der Waals surface area (Å²) < 4.78 is 5.45. The minimum atomic E-state index is -0.490. The molecule has 0 bridgehead atoms. The lowest BCUT2D eigenvalue weighted by atomic mass is 10.1. The van der Waals surface area contributed by atoms with E-state index < -0.39 is 6.04 Å². The van der Waals surface area contributed by atoms with Crippen molar-refractivity contribution in [3.05, 3.63) is 35.7 Å². The Bertz CT molecular complexity index is 665. The van der Waals surface area contributed by atoms with Gasteiger partial charge >= 0.3 is 0 Å². The number of ketones is 1. The van der Waals surface area contributed by atoms with Gasteiger partial charge in [-0.05, 0) is 18.6 Å². The van der Waals surface area contributed by atoms with Gasteiger partial charge in [0.25, 0.3) is 0 Å². The van der Waals surface area contributed by atoms with Gasteiger partial charge in [-0.2, -0.15) is 0 Å². The second-order valence-corrected chi connectivity index (χ2v) is 4.96. The van der Waals surface area contributed by atoms with Crippen LogP contribution in [0.3, 0.4) is 0 Å². The first kappa shape index (κ1) is 15.6. The summed E-state index contributed by atoms with van der Waals surface area (Å²) in [6, 6.07) is 3.00. The number of nitrogens with zero attached hydrogens (tertiary/aromatic N) is 3. The molecule has 116 valence electrons. The Morgan fingerprint density at radius 1 is 1.32 bits per heavy atom. The molecule has 0 aliphatic heterocycles. The van der Waals surface area contributed by atoms with Crippen LogP contribution < -0.4 is 11.1 Å². The Labute approximate surface area is 127 Å². The van der Waals surface area contributed by atoms with Gasteiger partial charge in [-0.15, -0.1) is 10.2 Å². The van der Waals surface area contributed by atoms with Crippen LogP contribution in [-0.2, 0) is 22.4 Å². The summed E-state index contributed by atoms with van der Waals surface area (Å²) in [5, 5.41) is 10.5. The lowest BCUT2D eigenvalue weighted by Crippen LogP contribution is -2.28. The number of hydrogen-bond acceptors (Lipinski definition) is 7. The maximum Gasteiger partial charge on any atom is 0.239 e. The molecule has 0 fully saturated rings. The van der Waals surface area contributed by atoms with Gasteiger partial charge in [0, 0.05) is 19.5 Å². The molecule has 0 aliphatic rings. The van der Waals surface area contributed by atoms with Crippen molar-refractivity contribution >= 4 is 17.5 Å². The van der Waals surface area contributed by atoms with Crippen molar-refractivity contribution in [3.63, 3.8) is 0 Å². The minimum absolute atomic E-state index is 0.0726. The smallest absolute Gasteiger partial charge is 0.239 e. The molecule has 1 amide bonds. The number of hydrogen-bond donors (Lipinski definition) is 2. The third-order valence-electron chi connectivity index (χ3n) is 2.85. The van der Waals surface area contributed by atoms with Gasteiger partial charge < -0.3 is 15.5 Å². The van der Waals surface area contributed by atoms with E-state index in [-0.39, 0.29) is 29.9 Å². The van der Waals surface area contributed by atoms with Crippen molar-refractivity contribution < 1.29 is 14.0 Å². The number of carbonyl (C=O) groups is 2. The number of carbonyl (C=O) groups excluding carboxylic acids is 2. The summed E-state index contributed by atoms with van der Waals surface area (Å²) in [5.41, 5.74) is 6.41. The summed E-state index contributed by atoms with van der Waals surface area (Å²) in [4.78, 5) is 26.4. The van der Waals surface area contributed by atoms with E-state index in [0.29, 0.717) is 12.2 Å². The lowest BCUT2D eigenvalue weighted by molar-refractivity contribution is -0.120. The van der Waals surface area contributed by atoms with E-state index in [1.54, 1.807) is 12.3 Å². The molecule has 0 unspecified atom stereocenters. The fraction of sp³-hybridized carbons (Fsp3) is 0.357. The van der Waals surface area contributed by atoms with Gasteiger partial charge in [0.15, 0.2) is 0 Å². The number of anilines is 1. The van der Waals surface area contributed by atoms with E-state index >= 15 is 0 Å². The number of amides is 1. The molecule has 2 aromatic rings. The molecule has 22 heavy (non-hydrogen) atoms. The zero-order valence-electron chi connectivity index (χ0n) is 12.4. The molecule has 1 atom stereocenters. The number of Topliss-reactive ketones (excluding diaryl/α,β-unsaturated/α-hetero) is 1. The minimum Gasteiger partial charge on any atom is -0.423 e. The van der Waals surface area contributed by atoms with Crippen molar-refractivity contribution in [2.75, 3.05) is 5.73 Å². The van der Waals surface area contributed by atoms with Crippen molar-refractivity contribution in [3.8, 4) is 0 Å². The Morgan fingerprint density at radius 2 is 2.09 bits per heavy atom. The van der Waals surface area contributed by atoms with Crippen LogP contribution in [0.1, 0.15) is 37.2 Å². The van der Waals surface area contributed by atoms with E-state index in [2.05, 4.69) is 20.5 Å². The van der Waals surface area contributed by atoms with E-state index in [1.165, 1.54) is 13.8 Å². The summed E-state index contributed by atoms with van der Waals surface area (Å²) >= 11 is 0. The normalized spacial score (nSPS) is 11.9. The number of aromatic nitrogens is 3. The van der Waals surface area contributed by atoms with Crippen molar-refractivity contribution in [2.45, 2.75) is 32.7 Å². The highest BCUT2D eigenvalue weighted by atomic mass is 16.4. The van der Waals surface area contributed by atoms with Gasteiger partial charge in [-0.3, -0.25) is 9.59 Å². The van der Waals surface area contributed by atoms with E-state index in [1.807, 2.05) is 6.07 Å². The fourth-order valence-corrected chi connectivity index (χ4v) is 1.93. The van der Waals surface area contributed by atoms with E-state index in [4.69, 9.17) is 10.2 Å². The van der Waals surface area contributed by atoms with Crippen molar-refractivity contribution in [2.24, 2.45) is 0 Å². The number of nitrogens with one attached hydrogen (secondary N) is 1. The summed E-state index contributed by atoms with van der Waals surface area (Å²) in [7, 11) is 0. The molecule has 8 nitrogen and oxygen atoms in total. The molecule has 2 heterocycles. The molecule has 0 saturated carbocycles.